The summed E-state index contributed by atoms with van der Waals surface area (Å²) in [4.78, 5) is 14.5. The van der Waals surface area contributed by atoms with E-state index in [1.54, 1.807) is 18.4 Å². The lowest BCUT2D eigenvalue weighted by atomic mass is 10.0. The molecule has 0 fully saturated rings. The Morgan fingerprint density at radius 1 is 1.11 bits per heavy atom. The Hall–Kier alpha value is -1.61. The minimum atomic E-state index is 0.0427. The molecule has 1 aromatic carbocycles. The molecule has 0 N–H and O–H groups in total. The molecule has 0 spiro atoms. The van der Waals surface area contributed by atoms with Crippen molar-refractivity contribution >= 4 is 17.1 Å². The predicted molar refractivity (Wildman–Crippen MR) is 79.7 cm³/mol. The molecule has 0 unspecified atom stereocenters. The van der Waals surface area contributed by atoms with Crippen LogP contribution < -0.4 is 4.74 Å². The van der Waals surface area contributed by atoms with Gasteiger partial charge in [-0.25, -0.2) is 0 Å². The molecular formula is C16H18O2S. The van der Waals surface area contributed by atoms with E-state index in [2.05, 4.69) is 0 Å². The van der Waals surface area contributed by atoms with Gasteiger partial charge in [-0.3, -0.25) is 4.79 Å². The maximum absolute atomic E-state index is 12.6. The largest absolute Gasteiger partial charge is 0.496 e. The minimum absolute atomic E-state index is 0.0427. The molecule has 2 rings (SSSR count). The standard InChI is InChI=1S/C16H18O2S/c1-9-6-7-13(16(18-5)11(9)3)15(17)14-8-10(2)12(4)19-14/h6-8H,1-5H3. The van der Waals surface area contributed by atoms with Crippen LogP contribution in [0.25, 0.3) is 0 Å². The smallest absolute Gasteiger partial charge is 0.206 e. The monoisotopic (exact) mass is 274 g/mol. The normalized spacial score (nSPS) is 10.6. The molecule has 19 heavy (non-hydrogen) atoms. The first-order valence-electron chi connectivity index (χ1n) is 6.21. The number of methoxy groups -OCH3 is 1. The van der Waals surface area contributed by atoms with Gasteiger partial charge in [-0.05, 0) is 56.5 Å². The summed E-state index contributed by atoms with van der Waals surface area (Å²) < 4.78 is 5.42. The van der Waals surface area contributed by atoms with Crippen LogP contribution in [0.1, 0.15) is 36.8 Å². The summed E-state index contributed by atoms with van der Waals surface area (Å²) >= 11 is 1.54. The molecular weight excluding hydrogens is 256 g/mol. The first-order valence-corrected chi connectivity index (χ1v) is 7.03. The third kappa shape index (κ3) is 2.43. The highest BCUT2D eigenvalue weighted by Gasteiger charge is 2.19. The molecule has 2 aromatic rings. The fourth-order valence-electron chi connectivity index (χ4n) is 2.05. The molecule has 0 saturated carbocycles. The highest BCUT2D eigenvalue weighted by Crippen LogP contribution is 2.30. The zero-order chi connectivity index (χ0) is 14.2. The Labute approximate surface area is 118 Å². The average molecular weight is 274 g/mol. The number of ketones is 1. The summed E-state index contributed by atoms with van der Waals surface area (Å²) in [7, 11) is 1.61. The van der Waals surface area contributed by atoms with Gasteiger partial charge in [-0.2, -0.15) is 0 Å². The zero-order valence-corrected chi connectivity index (χ0v) is 12.8. The van der Waals surface area contributed by atoms with Crippen LogP contribution in [0.2, 0.25) is 0 Å². The van der Waals surface area contributed by atoms with Gasteiger partial charge in [-0.1, -0.05) is 6.07 Å². The first-order chi connectivity index (χ1) is 8.95. The van der Waals surface area contributed by atoms with Crippen LogP contribution in [0, 0.1) is 27.7 Å². The molecule has 3 heteroatoms. The van der Waals surface area contributed by atoms with E-state index in [-0.39, 0.29) is 5.78 Å². The van der Waals surface area contributed by atoms with Crippen molar-refractivity contribution in [2.24, 2.45) is 0 Å². The van der Waals surface area contributed by atoms with Crippen molar-refractivity contribution < 1.29 is 9.53 Å². The van der Waals surface area contributed by atoms with Gasteiger partial charge in [0.25, 0.3) is 0 Å². The molecule has 0 amide bonds. The Bertz CT molecular complexity index is 619. The number of carbonyl (C=O) groups excluding carboxylic acids is 1. The summed E-state index contributed by atoms with van der Waals surface area (Å²) in [5.74, 6) is 0.731. The van der Waals surface area contributed by atoms with E-state index in [0.717, 1.165) is 21.6 Å². The Morgan fingerprint density at radius 2 is 1.79 bits per heavy atom. The molecule has 0 saturated heterocycles. The third-order valence-corrected chi connectivity index (χ3v) is 4.67. The lowest BCUT2D eigenvalue weighted by Crippen LogP contribution is -2.04. The van der Waals surface area contributed by atoms with Crippen molar-refractivity contribution in [3.63, 3.8) is 0 Å². The molecule has 0 atom stereocenters. The molecule has 1 aromatic heterocycles. The minimum Gasteiger partial charge on any atom is -0.496 e. The van der Waals surface area contributed by atoms with Gasteiger partial charge in [0, 0.05) is 4.88 Å². The number of benzene rings is 1. The van der Waals surface area contributed by atoms with Crippen molar-refractivity contribution in [3.05, 3.63) is 50.2 Å². The lowest BCUT2D eigenvalue weighted by molar-refractivity contribution is 0.103. The Morgan fingerprint density at radius 3 is 2.32 bits per heavy atom. The molecule has 100 valence electrons. The fraction of sp³-hybridized carbons (Fsp3) is 0.312. The van der Waals surface area contributed by atoms with E-state index < -0.39 is 0 Å². The van der Waals surface area contributed by atoms with Gasteiger partial charge in [0.1, 0.15) is 5.75 Å². The van der Waals surface area contributed by atoms with Gasteiger partial charge >= 0.3 is 0 Å². The second-order valence-corrected chi connectivity index (χ2v) is 6.02. The van der Waals surface area contributed by atoms with Gasteiger partial charge in [0.2, 0.25) is 5.78 Å². The maximum atomic E-state index is 12.6. The van der Waals surface area contributed by atoms with Gasteiger partial charge in [-0.15, -0.1) is 11.3 Å². The van der Waals surface area contributed by atoms with Crippen molar-refractivity contribution in [3.8, 4) is 5.75 Å². The highest BCUT2D eigenvalue weighted by molar-refractivity contribution is 7.14. The summed E-state index contributed by atoms with van der Waals surface area (Å²) in [6, 6.07) is 5.78. The van der Waals surface area contributed by atoms with E-state index in [1.165, 1.54) is 4.88 Å². The van der Waals surface area contributed by atoms with Crippen LogP contribution in [0.5, 0.6) is 5.75 Å². The molecule has 2 nitrogen and oxygen atoms in total. The van der Waals surface area contributed by atoms with Crippen LogP contribution >= 0.6 is 11.3 Å². The average Bonchev–Trinajstić information content (AvgIpc) is 2.72. The van der Waals surface area contributed by atoms with E-state index in [9.17, 15) is 4.79 Å². The molecule has 0 aliphatic carbocycles. The number of hydrogen-bond donors (Lipinski definition) is 0. The van der Waals surface area contributed by atoms with Gasteiger partial charge in [0.05, 0.1) is 17.6 Å². The Kier molecular flexibility index (Phi) is 3.76. The fourth-order valence-corrected chi connectivity index (χ4v) is 3.04. The van der Waals surface area contributed by atoms with Crippen molar-refractivity contribution in [1.82, 2.24) is 0 Å². The van der Waals surface area contributed by atoms with Crippen LogP contribution in [-0.2, 0) is 0 Å². The van der Waals surface area contributed by atoms with E-state index >= 15 is 0 Å². The molecule has 0 bridgehead atoms. The molecule has 1 heterocycles. The highest BCUT2D eigenvalue weighted by atomic mass is 32.1. The summed E-state index contributed by atoms with van der Waals surface area (Å²) in [5, 5.41) is 0. The van der Waals surface area contributed by atoms with Crippen molar-refractivity contribution in [2.75, 3.05) is 7.11 Å². The van der Waals surface area contributed by atoms with Gasteiger partial charge < -0.3 is 4.74 Å². The van der Waals surface area contributed by atoms with E-state index in [0.29, 0.717) is 11.3 Å². The zero-order valence-electron chi connectivity index (χ0n) is 12.0. The van der Waals surface area contributed by atoms with Crippen LogP contribution in [0.15, 0.2) is 18.2 Å². The number of thiophene rings is 1. The number of ether oxygens (including phenoxy) is 1. The van der Waals surface area contributed by atoms with Crippen LogP contribution in [0.3, 0.4) is 0 Å². The second kappa shape index (κ2) is 5.17. The number of carbonyl (C=O) groups is 1. The van der Waals surface area contributed by atoms with Crippen LogP contribution in [0.4, 0.5) is 0 Å². The predicted octanol–water partition coefficient (Wildman–Crippen LogP) is 4.22. The topological polar surface area (TPSA) is 26.3 Å². The van der Waals surface area contributed by atoms with E-state index in [4.69, 9.17) is 4.74 Å². The summed E-state index contributed by atoms with van der Waals surface area (Å²) in [6.45, 7) is 8.07. The summed E-state index contributed by atoms with van der Waals surface area (Å²) in [6.07, 6.45) is 0. The third-order valence-electron chi connectivity index (χ3n) is 3.52. The number of hydrogen-bond acceptors (Lipinski definition) is 3. The van der Waals surface area contributed by atoms with Crippen LogP contribution in [-0.4, -0.2) is 12.9 Å². The van der Waals surface area contributed by atoms with Crippen molar-refractivity contribution in [1.29, 1.82) is 0 Å². The molecule has 0 radical (unpaired) electrons. The second-order valence-electron chi connectivity index (χ2n) is 4.77. The number of rotatable bonds is 3. The Balaban J connectivity index is 2.53. The summed E-state index contributed by atoms with van der Waals surface area (Å²) in [5.41, 5.74) is 3.97. The maximum Gasteiger partial charge on any atom is 0.206 e. The van der Waals surface area contributed by atoms with E-state index in [1.807, 2.05) is 45.9 Å². The van der Waals surface area contributed by atoms with Crippen molar-refractivity contribution in [2.45, 2.75) is 27.7 Å². The van der Waals surface area contributed by atoms with Gasteiger partial charge in [0.15, 0.2) is 0 Å². The molecule has 0 aliphatic rings. The first kappa shape index (κ1) is 13.8. The molecule has 0 aliphatic heterocycles. The number of aryl methyl sites for hydroxylation is 3. The SMILES string of the molecule is COc1c(C(=O)c2cc(C)c(C)s2)ccc(C)c1C. The quantitative estimate of drug-likeness (QED) is 0.783. The lowest BCUT2D eigenvalue weighted by Gasteiger charge is -2.12.